The predicted octanol–water partition coefficient (Wildman–Crippen LogP) is 2.26. The Morgan fingerprint density at radius 2 is 1.85 bits per heavy atom. The van der Waals surface area contributed by atoms with Crippen LogP contribution in [-0.2, 0) is 20.8 Å². The van der Waals surface area contributed by atoms with Crippen molar-refractivity contribution >= 4 is 10.1 Å². The van der Waals surface area contributed by atoms with Crippen LogP contribution in [0.3, 0.4) is 0 Å². The summed E-state index contributed by atoms with van der Waals surface area (Å²) in [6.45, 7) is 3.49. The second-order valence-corrected chi connectivity index (χ2v) is 7.16. The zero-order chi connectivity index (χ0) is 14.4. The average Bonchev–Trinajstić information content (AvgIpc) is 2.41. The van der Waals surface area contributed by atoms with Crippen LogP contribution in [0.25, 0.3) is 0 Å². The summed E-state index contributed by atoms with van der Waals surface area (Å²) < 4.78 is 26.6. The van der Waals surface area contributed by atoms with E-state index in [2.05, 4.69) is 29.2 Å². The number of nitrogens with zero attached hydrogens (tertiary/aromatic N) is 1. The molecule has 0 aromatic heterocycles. The van der Waals surface area contributed by atoms with Crippen molar-refractivity contribution in [3.05, 3.63) is 35.9 Å². The van der Waals surface area contributed by atoms with Gasteiger partial charge in [-0.25, -0.2) is 0 Å². The third kappa shape index (κ3) is 5.61. The molecule has 0 atom stereocenters. The van der Waals surface area contributed by atoms with Gasteiger partial charge in [0.25, 0.3) is 10.1 Å². The number of hydrogen-bond acceptors (Lipinski definition) is 4. The Morgan fingerprint density at radius 3 is 2.45 bits per heavy atom. The first kappa shape index (κ1) is 15.5. The summed E-state index contributed by atoms with van der Waals surface area (Å²) in [4.78, 5) is 2.46. The molecule has 0 amide bonds. The van der Waals surface area contributed by atoms with E-state index in [1.54, 1.807) is 0 Å². The Kier molecular flexibility index (Phi) is 5.57. The van der Waals surface area contributed by atoms with E-state index >= 15 is 0 Å². The van der Waals surface area contributed by atoms with Crippen molar-refractivity contribution in [2.75, 3.05) is 26.0 Å². The van der Waals surface area contributed by atoms with Crippen LogP contribution in [0.15, 0.2) is 30.3 Å². The second-order valence-electron chi connectivity index (χ2n) is 5.52. The molecule has 1 aliphatic heterocycles. The summed E-state index contributed by atoms with van der Waals surface area (Å²) in [7, 11) is -3.29. The summed E-state index contributed by atoms with van der Waals surface area (Å²) in [5.74, 6) is 0.587. The standard InChI is InChI=1S/C15H23NO3S/c1-20(17,18)19-12-9-14-7-10-16(11-8-14)13-15-5-3-2-4-6-15/h2-6,14H,7-13H2,1H3. The number of hydrogen-bond donors (Lipinski definition) is 0. The van der Waals surface area contributed by atoms with Crippen molar-refractivity contribution in [3.8, 4) is 0 Å². The minimum atomic E-state index is -3.29. The highest BCUT2D eigenvalue weighted by Gasteiger charge is 2.19. The van der Waals surface area contributed by atoms with Gasteiger partial charge in [0.15, 0.2) is 0 Å². The smallest absolute Gasteiger partial charge is 0.264 e. The Hall–Kier alpha value is -0.910. The number of piperidine rings is 1. The Balaban J connectivity index is 1.67. The highest BCUT2D eigenvalue weighted by atomic mass is 32.2. The molecule has 0 radical (unpaired) electrons. The predicted molar refractivity (Wildman–Crippen MR) is 79.9 cm³/mol. The molecule has 2 rings (SSSR count). The lowest BCUT2D eigenvalue weighted by atomic mass is 9.94. The largest absolute Gasteiger partial charge is 0.299 e. The maximum Gasteiger partial charge on any atom is 0.264 e. The summed E-state index contributed by atoms with van der Waals surface area (Å²) in [6, 6.07) is 10.5. The lowest BCUT2D eigenvalue weighted by Crippen LogP contribution is -2.33. The van der Waals surface area contributed by atoms with Gasteiger partial charge >= 0.3 is 0 Å². The molecule has 20 heavy (non-hydrogen) atoms. The Morgan fingerprint density at radius 1 is 1.20 bits per heavy atom. The zero-order valence-corrected chi connectivity index (χ0v) is 12.8. The van der Waals surface area contributed by atoms with Crippen LogP contribution in [0.4, 0.5) is 0 Å². The molecule has 1 fully saturated rings. The highest BCUT2D eigenvalue weighted by molar-refractivity contribution is 7.85. The van der Waals surface area contributed by atoms with Gasteiger partial charge in [0.1, 0.15) is 0 Å². The van der Waals surface area contributed by atoms with Gasteiger partial charge in [-0.2, -0.15) is 8.42 Å². The van der Waals surface area contributed by atoms with Crippen LogP contribution < -0.4 is 0 Å². The molecule has 1 heterocycles. The lowest BCUT2D eigenvalue weighted by molar-refractivity contribution is 0.159. The van der Waals surface area contributed by atoms with Crippen molar-refractivity contribution in [1.82, 2.24) is 4.90 Å². The monoisotopic (exact) mass is 297 g/mol. The first-order valence-electron chi connectivity index (χ1n) is 7.13. The van der Waals surface area contributed by atoms with E-state index in [4.69, 9.17) is 4.18 Å². The minimum absolute atomic E-state index is 0.322. The van der Waals surface area contributed by atoms with E-state index in [0.717, 1.165) is 45.2 Å². The van der Waals surface area contributed by atoms with E-state index in [1.165, 1.54) is 5.56 Å². The molecular weight excluding hydrogens is 274 g/mol. The van der Waals surface area contributed by atoms with Crippen molar-refractivity contribution in [2.24, 2.45) is 5.92 Å². The van der Waals surface area contributed by atoms with Crippen molar-refractivity contribution in [3.63, 3.8) is 0 Å². The molecular formula is C15H23NO3S. The molecule has 0 spiro atoms. The molecule has 112 valence electrons. The molecule has 0 bridgehead atoms. The van der Waals surface area contributed by atoms with Crippen LogP contribution in [0, 0.1) is 5.92 Å². The van der Waals surface area contributed by atoms with E-state index in [1.807, 2.05) is 6.07 Å². The maximum absolute atomic E-state index is 10.9. The Bertz CT molecular complexity index is 493. The molecule has 4 nitrogen and oxygen atoms in total. The minimum Gasteiger partial charge on any atom is -0.299 e. The normalized spacial score (nSPS) is 18.2. The maximum atomic E-state index is 10.9. The van der Waals surface area contributed by atoms with Gasteiger partial charge in [-0.3, -0.25) is 9.08 Å². The third-order valence-electron chi connectivity index (χ3n) is 3.78. The van der Waals surface area contributed by atoms with Gasteiger partial charge < -0.3 is 0 Å². The average molecular weight is 297 g/mol. The van der Waals surface area contributed by atoms with Gasteiger partial charge in [-0.1, -0.05) is 30.3 Å². The molecule has 0 saturated carbocycles. The quantitative estimate of drug-likeness (QED) is 0.756. The van der Waals surface area contributed by atoms with Gasteiger partial charge in [0, 0.05) is 6.54 Å². The van der Waals surface area contributed by atoms with Crippen LogP contribution >= 0.6 is 0 Å². The fourth-order valence-electron chi connectivity index (χ4n) is 2.64. The van der Waals surface area contributed by atoms with E-state index in [-0.39, 0.29) is 0 Å². The van der Waals surface area contributed by atoms with Gasteiger partial charge in [0.2, 0.25) is 0 Å². The van der Waals surface area contributed by atoms with Crippen LogP contribution in [0.5, 0.6) is 0 Å². The molecule has 1 aromatic rings. The zero-order valence-electron chi connectivity index (χ0n) is 12.0. The fraction of sp³-hybridized carbons (Fsp3) is 0.600. The third-order valence-corrected chi connectivity index (χ3v) is 4.37. The fourth-order valence-corrected chi connectivity index (χ4v) is 3.04. The Labute approximate surface area is 121 Å². The highest BCUT2D eigenvalue weighted by Crippen LogP contribution is 2.22. The van der Waals surface area contributed by atoms with E-state index in [9.17, 15) is 8.42 Å². The SMILES string of the molecule is CS(=O)(=O)OCCC1CCN(Cc2ccccc2)CC1. The van der Waals surface area contributed by atoms with Gasteiger partial charge in [0.05, 0.1) is 12.9 Å². The van der Waals surface area contributed by atoms with Gasteiger partial charge in [-0.15, -0.1) is 0 Å². The first-order valence-corrected chi connectivity index (χ1v) is 8.95. The van der Waals surface area contributed by atoms with E-state index in [0.29, 0.717) is 12.5 Å². The molecule has 0 aliphatic carbocycles. The lowest BCUT2D eigenvalue weighted by Gasteiger charge is -2.31. The van der Waals surface area contributed by atoms with E-state index < -0.39 is 10.1 Å². The second kappa shape index (κ2) is 7.20. The number of rotatable bonds is 6. The van der Waals surface area contributed by atoms with Crippen molar-refractivity contribution in [1.29, 1.82) is 0 Å². The van der Waals surface area contributed by atoms with Crippen molar-refractivity contribution in [2.45, 2.75) is 25.8 Å². The number of likely N-dealkylation sites (tertiary alicyclic amines) is 1. The first-order chi connectivity index (χ1) is 9.53. The summed E-state index contributed by atoms with van der Waals surface area (Å²) in [6.07, 6.45) is 4.20. The van der Waals surface area contributed by atoms with Crippen LogP contribution in [0.2, 0.25) is 0 Å². The molecule has 0 unspecified atom stereocenters. The molecule has 0 N–H and O–H groups in total. The summed E-state index contributed by atoms with van der Waals surface area (Å²) in [5.41, 5.74) is 1.35. The molecule has 1 saturated heterocycles. The molecule has 1 aromatic carbocycles. The van der Waals surface area contributed by atoms with Crippen LogP contribution in [-0.4, -0.2) is 39.3 Å². The topological polar surface area (TPSA) is 46.6 Å². The van der Waals surface area contributed by atoms with Gasteiger partial charge in [-0.05, 0) is 43.8 Å². The summed E-state index contributed by atoms with van der Waals surface area (Å²) in [5, 5.41) is 0. The van der Waals surface area contributed by atoms with Crippen molar-refractivity contribution < 1.29 is 12.6 Å². The molecule has 5 heteroatoms. The van der Waals surface area contributed by atoms with Crippen LogP contribution in [0.1, 0.15) is 24.8 Å². The summed E-state index contributed by atoms with van der Waals surface area (Å²) >= 11 is 0. The molecule has 1 aliphatic rings. The number of benzene rings is 1.